The number of rotatable bonds is 4. The van der Waals surface area contributed by atoms with Crippen LogP contribution in [0.1, 0.15) is 48.3 Å². The fourth-order valence-electron chi connectivity index (χ4n) is 5.03. The summed E-state index contributed by atoms with van der Waals surface area (Å²) in [6.45, 7) is 7.10. The Morgan fingerprint density at radius 2 is 2.09 bits per heavy atom. The third-order valence-electron chi connectivity index (χ3n) is 6.91. The van der Waals surface area contributed by atoms with Gasteiger partial charge in [-0.3, -0.25) is 9.59 Å². The predicted octanol–water partition coefficient (Wildman–Crippen LogP) is 4.12. The summed E-state index contributed by atoms with van der Waals surface area (Å²) in [5.74, 6) is 0.278. The number of hydrogen-bond donors (Lipinski definition) is 0. The van der Waals surface area contributed by atoms with Gasteiger partial charge in [0.2, 0.25) is 11.8 Å². The maximum absolute atomic E-state index is 13.6. The zero-order valence-corrected chi connectivity index (χ0v) is 19.5. The molecule has 7 heteroatoms. The monoisotopic (exact) mass is 454 g/mol. The van der Waals surface area contributed by atoms with Crippen molar-refractivity contribution < 1.29 is 14.1 Å². The molecular weight excluding hydrogens is 428 g/mol. The van der Waals surface area contributed by atoms with Crippen LogP contribution in [-0.2, 0) is 21.4 Å². The van der Waals surface area contributed by atoms with E-state index >= 15 is 0 Å². The average molecular weight is 455 g/mol. The van der Waals surface area contributed by atoms with E-state index in [1.54, 1.807) is 35.4 Å². The fourth-order valence-corrected chi connectivity index (χ4v) is 5.03. The highest BCUT2D eigenvalue weighted by Gasteiger charge is 2.43. The van der Waals surface area contributed by atoms with E-state index in [4.69, 9.17) is 4.52 Å². The Morgan fingerprint density at radius 3 is 2.82 bits per heavy atom. The quantitative estimate of drug-likeness (QED) is 0.591. The van der Waals surface area contributed by atoms with Crippen molar-refractivity contribution in [1.82, 2.24) is 5.16 Å². The standard InChI is InChI=1S/C27H26N4O3/c1-17-20(14-29-34-17)9-18-7-8-24-23(11-18)27(2,3)16-31(24)26(33)21-12-25(32)30(15-21)22-6-4-5-19(10-22)13-28/h4-8,10-11,14,21H,9,12,15-16H2,1-3H3/t21-/m0/s1. The summed E-state index contributed by atoms with van der Waals surface area (Å²) >= 11 is 0. The Bertz CT molecular complexity index is 1330. The van der Waals surface area contributed by atoms with Crippen LogP contribution in [0.2, 0.25) is 0 Å². The normalized spacial score (nSPS) is 18.8. The van der Waals surface area contributed by atoms with E-state index < -0.39 is 5.92 Å². The second-order valence-electron chi connectivity index (χ2n) is 9.81. The molecule has 0 bridgehead atoms. The Hall–Kier alpha value is -3.92. The summed E-state index contributed by atoms with van der Waals surface area (Å²) < 4.78 is 5.19. The van der Waals surface area contributed by atoms with E-state index in [0.717, 1.165) is 34.6 Å². The molecule has 0 unspecified atom stereocenters. The van der Waals surface area contributed by atoms with Crippen LogP contribution >= 0.6 is 0 Å². The molecule has 2 amide bonds. The maximum atomic E-state index is 13.6. The predicted molar refractivity (Wildman–Crippen MR) is 127 cm³/mol. The molecule has 0 radical (unpaired) electrons. The van der Waals surface area contributed by atoms with Gasteiger partial charge in [-0.2, -0.15) is 5.26 Å². The SMILES string of the molecule is Cc1oncc1Cc1ccc2c(c1)C(C)(C)CN2C(=O)[C@H]1CC(=O)N(c2cccc(C#N)c2)C1. The van der Waals surface area contributed by atoms with Gasteiger partial charge >= 0.3 is 0 Å². The molecule has 172 valence electrons. The van der Waals surface area contributed by atoms with Crippen LogP contribution in [0.3, 0.4) is 0 Å². The van der Waals surface area contributed by atoms with Crippen LogP contribution < -0.4 is 9.80 Å². The van der Waals surface area contributed by atoms with Crippen LogP contribution in [-0.4, -0.2) is 30.1 Å². The van der Waals surface area contributed by atoms with Crippen LogP contribution in [0, 0.1) is 24.2 Å². The number of benzene rings is 2. The second kappa shape index (κ2) is 8.14. The third kappa shape index (κ3) is 3.75. The topological polar surface area (TPSA) is 90.4 Å². The molecule has 2 aliphatic rings. The summed E-state index contributed by atoms with van der Waals surface area (Å²) in [5.41, 5.74) is 5.20. The number of amides is 2. The maximum Gasteiger partial charge on any atom is 0.232 e. The minimum absolute atomic E-state index is 0.0262. The van der Waals surface area contributed by atoms with Gasteiger partial charge in [0.05, 0.1) is 23.7 Å². The minimum atomic E-state index is -0.417. The Morgan fingerprint density at radius 1 is 1.26 bits per heavy atom. The molecule has 1 fully saturated rings. The largest absolute Gasteiger partial charge is 0.361 e. The van der Waals surface area contributed by atoms with E-state index in [1.165, 1.54) is 0 Å². The molecule has 0 N–H and O–H groups in total. The highest BCUT2D eigenvalue weighted by molar-refractivity contribution is 6.05. The average Bonchev–Trinajstić information content (AvgIpc) is 3.49. The van der Waals surface area contributed by atoms with E-state index in [2.05, 4.69) is 31.1 Å². The summed E-state index contributed by atoms with van der Waals surface area (Å²) in [4.78, 5) is 29.8. The van der Waals surface area contributed by atoms with Crippen molar-refractivity contribution in [3.63, 3.8) is 0 Å². The number of carbonyl (C=O) groups excluding carboxylic acids is 2. The Balaban J connectivity index is 1.38. The van der Waals surface area contributed by atoms with Crippen LogP contribution in [0.5, 0.6) is 0 Å². The number of fused-ring (bicyclic) bond motifs is 1. The molecular formula is C27H26N4O3. The van der Waals surface area contributed by atoms with E-state index in [0.29, 0.717) is 24.3 Å². The van der Waals surface area contributed by atoms with Crippen LogP contribution in [0.15, 0.2) is 53.2 Å². The van der Waals surface area contributed by atoms with Gasteiger partial charge in [0.25, 0.3) is 0 Å². The van der Waals surface area contributed by atoms with Crippen LogP contribution in [0.4, 0.5) is 11.4 Å². The Kier molecular flexibility index (Phi) is 5.24. The summed E-state index contributed by atoms with van der Waals surface area (Å²) in [7, 11) is 0. The zero-order valence-electron chi connectivity index (χ0n) is 19.5. The molecule has 1 saturated heterocycles. The first kappa shape index (κ1) is 21.9. The number of aromatic nitrogens is 1. The summed E-state index contributed by atoms with van der Waals surface area (Å²) in [6, 6.07) is 15.3. The molecule has 0 saturated carbocycles. The summed E-state index contributed by atoms with van der Waals surface area (Å²) in [5, 5.41) is 13.0. The van der Waals surface area contributed by atoms with Crippen molar-refractivity contribution in [3.05, 3.63) is 76.7 Å². The van der Waals surface area contributed by atoms with Crippen molar-refractivity contribution in [2.45, 2.75) is 39.0 Å². The number of nitrogens with zero attached hydrogens (tertiary/aromatic N) is 4. The molecule has 34 heavy (non-hydrogen) atoms. The van der Waals surface area contributed by atoms with Gasteiger partial charge < -0.3 is 14.3 Å². The van der Waals surface area contributed by atoms with E-state index in [9.17, 15) is 14.9 Å². The van der Waals surface area contributed by atoms with Crippen molar-refractivity contribution >= 4 is 23.2 Å². The first-order valence-corrected chi connectivity index (χ1v) is 11.4. The van der Waals surface area contributed by atoms with Gasteiger partial charge in [0.15, 0.2) is 0 Å². The smallest absolute Gasteiger partial charge is 0.232 e. The van der Waals surface area contributed by atoms with Gasteiger partial charge in [-0.05, 0) is 42.3 Å². The molecule has 1 aromatic heterocycles. The molecule has 2 aliphatic heterocycles. The third-order valence-corrected chi connectivity index (χ3v) is 6.91. The highest BCUT2D eigenvalue weighted by atomic mass is 16.5. The Labute approximate surface area is 198 Å². The lowest BCUT2D eigenvalue weighted by molar-refractivity contribution is -0.124. The van der Waals surface area contributed by atoms with Crippen molar-refractivity contribution in [2.75, 3.05) is 22.9 Å². The molecule has 0 aliphatic carbocycles. The van der Waals surface area contributed by atoms with E-state index in [-0.39, 0.29) is 23.7 Å². The molecule has 3 heterocycles. The molecule has 7 nitrogen and oxygen atoms in total. The summed E-state index contributed by atoms with van der Waals surface area (Å²) in [6.07, 6.45) is 2.64. The van der Waals surface area contributed by atoms with Crippen LogP contribution in [0.25, 0.3) is 0 Å². The van der Waals surface area contributed by atoms with Crippen molar-refractivity contribution in [3.8, 4) is 6.07 Å². The molecule has 5 rings (SSSR count). The lowest BCUT2D eigenvalue weighted by Gasteiger charge is -2.23. The fraction of sp³-hybridized carbons (Fsp3) is 0.333. The number of aryl methyl sites for hydroxylation is 1. The first-order chi connectivity index (χ1) is 16.3. The number of nitriles is 1. The van der Waals surface area contributed by atoms with Gasteiger partial charge in [-0.25, -0.2) is 0 Å². The minimum Gasteiger partial charge on any atom is -0.361 e. The molecule has 3 aromatic rings. The first-order valence-electron chi connectivity index (χ1n) is 11.4. The number of carbonyl (C=O) groups is 2. The van der Waals surface area contributed by atoms with Gasteiger partial charge in [0, 0.05) is 48.3 Å². The van der Waals surface area contributed by atoms with Gasteiger partial charge in [0.1, 0.15) is 5.76 Å². The van der Waals surface area contributed by atoms with E-state index in [1.807, 2.05) is 24.0 Å². The van der Waals surface area contributed by atoms with Crippen molar-refractivity contribution in [1.29, 1.82) is 5.26 Å². The molecule has 0 spiro atoms. The number of hydrogen-bond acceptors (Lipinski definition) is 5. The second-order valence-corrected chi connectivity index (χ2v) is 9.81. The van der Waals surface area contributed by atoms with Gasteiger partial charge in [-0.1, -0.05) is 37.2 Å². The van der Waals surface area contributed by atoms with Crippen molar-refractivity contribution in [2.24, 2.45) is 5.92 Å². The van der Waals surface area contributed by atoms with Gasteiger partial charge in [-0.15, -0.1) is 0 Å². The molecule has 2 aromatic carbocycles. The molecule has 1 atom stereocenters. The zero-order chi connectivity index (χ0) is 24.0. The number of anilines is 2. The lowest BCUT2D eigenvalue weighted by atomic mass is 9.85. The lowest BCUT2D eigenvalue weighted by Crippen LogP contribution is -2.39. The highest BCUT2D eigenvalue weighted by Crippen LogP contribution is 2.42.